The lowest BCUT2D eigenvalue weighted by Gasteiger charge is -2.11. The minimum Gasteiger partial charge on any atom is -0.444 e. The highest BCUT2D eigenvalue weighted by molar-refractivity contribution is 6.30. The molecule has 0 fully saturated rings. The number of aromatic nitrogens is 1. The molecule has 0 saturated heterocycles. The van der Waals surface area contributed by atoms with Crippen LogP contribution in [0.3, 0.4) is 0 Å². The van der Waals surface area contributed by atoms with Crippen molar-refractivity contribution in [1.82, 2.24) is 10.3 Å². The van der Waals surface area contributed by atoms with Crippen molar-refractivity contribution in [3.8, 4) is 11.5 Å². The number of rotatable bonds is 8. The Bertz CT molecular complexity index is 553. The molecule has 4 heteroatoms. The molecule has 21 heavy (non-hydrogen) atoms. The Morgan fingerprint density at radius 2 is 2.19 bits per heavy atom. The van der Waals surface area contributed by atoms with Crippen LogP contribution >= 0.6 is 11.6 Å². The maximum atomic E-state index is 5.98. The lowest BCUT2D eigenvalue weighted by atomic mass is 10.1. The van der Waals surface area contributed by atoms with E-state index in [0.717, 1.165) is 17.8 Å². The van der Waals surface area contributed by atoms with Crippen molar-refractivity contribution in [1.29, 1.82) is 0 Å². The number of unbranched alkanes of at least 4 members (excludes halogenated alkanes) is 2. The summed E-state index contributed by atoms with van der Waals surface area (Å²) in [6, 6.07) is 8.05. The third-order valence-electron chi connectivity index (χ3n) is 3.50. The van der Waals surface area contributed by atoms with Crippen LogP contribution in [0, 0.1) is 0 Å². The first kappa shape index (κ1) is 16.1. The molecule has 1 heterocycles. The predicted octanol–water partition coefficient (Wildman–Crippen LogP) is 5.05. The molecular formula is C17H23ClN2O. The van der Waals surface area contributed by atoms with E-state index < -0.39 is 0 Å². The van der Waals surface area contributed by atoms with Crippen LogP contribution in [0.4, 0.5) is 0 Å². The average molecular weight is 307 g/mol. The fraction of sp³-hybridized carbons (Fsp3) is 0.471. The SMILES string of the molecule is CCCCCC(C)NCc1coc(-c2cccc(Cl)c2)n1. The van der Waals surface area contributed by atoms with Crippen LogP contribution in [-0.2, 0) is 6.54 Å². The molecule has 0 spiro atoms. The van der Waals surface area contributed by atoms with Gasteiger partial charge in [0.05, 0.1) is 5.69 Å². The maximum Gasteiger partial charge on any atom is 0.226 e. The molecule has 1 unspecified atom stereocenters. The van der Waals surface area contributed by atoms with Gasteiger partial charge in [-0.2, -0.15) is 0 Å². The molecule has 0 amide bonds. The topological polar surface area (TPSA) is 38.1 Å². The Balaban J connectivity index is 1.86. The smallest absolute Gasteiger partial charge is 0.226 e. The van der Waals surface area contributed by atoms with Crippen molar-refractivity contribution in [2.45, 2.75) is 52.1 Å². The monoisotopic (exact) mass is 306 g/mol. The van der Waals surface area contributed by atoms with Gasteiger partial charge in [0.25, 0.3) is 0 Å². The first-order valence-corrected chi connectivity index (χ1v) is 8.00. The summed E-state index contributed by atoms with van der Waals surface area (Å²) in [6.07, 6.45) is 6.75. The highest BCUT2D eigenvalue weighted by Gasteiger charge is 2.08. The normalized spacial score (nSPS) is 12.5. The van der Waals surface area contributed by atoms with E-state index in [0.29, 0.717) is 17.0 Å². The van der Waals surface area contributed by atoms with Gasteiger partial charge in [-0.05, 0) is 31.5 Å². The summed E-state index contributed by atoms with van der Waals surface area (Å²) >= 11 is 5.98. The van der Waals surface area contributed by atoms with Gasteiger partial charge >= 0.3 is 0 Å². The molecule has 0 bridgehead atoms. The third kappa shape index (κ3) is 5.18. The van der Waals surface area contributed by atoms with E-state index in [1.165, 1.54) is 25.7 Å². The Labute approximate surface area is 131 Å². The fourth-order valence-electron chi connectivity index (χ4n) is 2.22. The minimum absolute atomic E-state index is 0.503. The molecule has 2 rings (SSSR count). The number of halogens is 1. The van der Waals surface area contributed by atoms with E-state index in [2.05, 4.69) is 24.1 Å². The largest absolute Gasteiger partial charge is 0.444 e. The first-order valence-electron chi connectivity index (χ1n) is 7.62. The van der Waals surface area contributed by atoms with Crippen molar-refractivity contribution in [3.05, 3.63) is 41.2 Å². The van der Waals surface area contributed by atoms with Crippen LogP contribution in [0.25, 0.3) is 11.5 Å². The molecule has 0 aliphatic carbocycles. The van der Waals surface area contributed by atoms with Crippen molar-refractivity contribution < 1.29 is 4.42 Å². The highest BCUT2D eigenvalue weighted by Crippen LogP contribution is 2.22. The molecule has 2 aromatic rings. The Hall–Kier alpha value is -1.32. The van der Waals surface area contributed by atoms with Crippen molar-refractivity contribution in [3.63, 3.8) is 0 Å². The van der Waals surface area contributed by atoms with Gasteiger partial charge in [0.1, 0.15) is 6.26 Å². The van der Waals surface area contributed by atoms with Crippen LogP contribution in [0.5, 0.6) is 0 Å². The number of oxazole rings is 1. The van der Waals surface area contributed by atoms with Gasteiger partial charge in [0, 0.05) is 23.2 Å². The van der Waals surface area contributed by atoms with Crippen LogP contribution in [0.2, 0.25) is 5.02 Å². The number of hydrogen-bond donors (Lipinski definition) is 1. The van der Waals surface area contributed by atoms with E-state index in [9.17, 15) is 0 Å². The Morgan fingerprint density at radius 1 is 1.33 bits per heavy atom. The number of nitrogens with one attached hydrogen (secondary N) is 1. The predicted molar refractivity (Wildman–Crippen MR) is 87.4 cm³/mol. The van der Waals surface area contributed by atoms with E-state index in [4.69, 9.17) is 16.0 Å². The first-order chi connectivity index (χ1) is 10.2. The van der Waals surface area contributed by atoms with Crippen molar-refractivity contribution in [2.24, 2.45) is 0 Å². The number of nitrogens with zero attached hydrogens (tertiary/aromatic N) is 1. The zero-order valence-corrected chi connectivity index (χ0v) is 13.5. The van der Waals surface area contributed by atoms with Gasteiger partial charge in [0.2, 0.25) is 5.89 Å². The molecule has 0 aliphatic rings. The Morgan fingerprint density at radius 3 is 2.95 bits per heavy atom. The minimum atomic E-state index is 0.503. The summed E-state index contributed by atoms with van der Waals surface area (Å²) in [5.41, 5.74) is 1.83. The molecular weight excluding hydrogens is 284 g/mol. The molecule has 1 atom stereocenters. The summed E-state index contributed by atoms with van der Waals surface area (Å²) in [5.74, 6) is 0.618. The van der Waals surface area contributed by atoms with E-state index in [1.807, 2.05) is 24.3 Å². The standard InChI is InChI=1S/C17H23ClN2O/c1-3-4-5-7-13(2)19-11-16-12-21-17(20-16)14-8-6-9-15(18)10-14/h6,8-10,12-13,19H,3-5,7,11H2,1-2H3. The van der Waals surface area contributed by atoms with Crippen LogP contribution in [-0.4, -0.2) is 11.0 Å². The quantitative estimate of drug-likeness (QED) is 0.693. The van der Waals surface area contributed by atoms with E-state index in [-0.39, 0.29) is 0 Å². The van der Waals surface area contributed by atoms with Crippen LogP contribution in [0.1, 0.15) is 45.2 Å². The summed E-state index contributed by atoms with van der Waals surface area (Å²) in [4.78, 5) is 4.50. The molecule has 0 radical (unpaired) electrons. The fourth-order valence-corrected chi connectivity index (χ4v) is 2.41. The Kier molecular flexibility index (Phi) is 6.27. The lowest BCUT2D eigenvalue weighted by molar-refractivity contribution is 0.483. The van der Waals surface area contributed by atoms with Crippen LogP contribution in [0.15, 0.2) is 34.9 Å². The second-order valence-corrected chi connectivity index (χ2v) is 5.87. The van der Waals surface area contributed by atoms with Gasteiger partial charge in [0.15, 0.2) is 0 Å². The summed E-state index contributed by atoms with van der Waals surface area (Å²) in [5, 5.41) is 4.18. The van der Waals surface area contributed by atoms with E-state index in [1.54, 1.807) is 6.26 Å². The molecule has 1 aromatic carbocycles. The second-order valence-electron chi connectivity index (χ2n) is 5.43. The van der Waals surface area contributed by atoms with Gasteiger partial charge in [-0.3, -0.25) is 0 Å². The zero-order valence-electron chi connectivity index (χ0n) is 12.7. The summed E-state index contributed by atoms with van der Waals surface area (Å²) < 4.78 is 5.53. The van der Waals surface area contributed by atoms with E-state index >= 15 is 0 Å². The average Bonchev–Trinajstić information content (AvgIpc) is 2.94. The number of benzene rings is 1. The highest BCUT2D eigenvalue weighted by atomic mass is 35.5. The molecule has 3 nitrogen and oxygen atoms in total. The summed E-state index contributed by atoms with van der Waals surface area (Å²) in [6.45, 7) is 5.18. The van der Waals surface area contributed by atoms with Crippen molar-refractivity contribution >= 4 is 11.6 Å². The van der Waals surface area contributed by atoms with Gasteiger partial charge in [-0.1, -0.05) is 43.9 Å². The molecule has 0 aliphatic heterocycles. The molecule has 1 N–H and O–H groups in total. The second kappa shape index (κ2) is 8.20. The van der Waals surface area contributed by atoms with Gasteiger partial charge in [-0.15, -0.1) is 0 Å². The molecule has 1 aromatic heterocycles. The van der Waals surface area contributed by atoms with Gasteiger partial charge < -0.3 is 9.73 Å². The lowest BCUT2D eigenvalue weighted by Crippen LogP contribution is -2.25. The van der Waals surface area contributed by atoms with Gasteiger partial charge in [-0.25, -0.2) is 4.98 Å². The maximum absolute atomic E-state index is 5.98. The molecule has 114 valence electrons. The zero-order chi connectivity index (χ0) is 15.1. The third-order valence-corrected chi connectivity index (χ3v) is 3.73. The summed E-state index contributed by atoms with van der Waals surface area (Å²) in [7, 11) is 0. The molecule has 0 saturated carbocycles. The van der Waals surface area contributed by atoms with Crippen LogP contribution < -0.4 is 5.32 Å². The van der Waals surface area contributed by atoms with Crippen molar-refractivity contribution in [2.75, 3.05) is 0 Å². The number of hydrogen-bond acceptors (Lipinski definition) is 3.